The number of hydrogen-bond acceptors (Lipinski definition) is 5. The number of furan rings is 1. The molecular weight excluding hydrogens is 304 g/mol. The van der Waals surface area contributed by atoms with Crippen molar-refractivity contribution < 1.29 is 9.52 Å². The first-order valence-corrected chi connectivity index (χ1v) is 8.01. The van der Waals surface area contributed by atoms with Crippen LogP contribution < -0.4 is 5.32 Å². The highest BCUT2D eigenvalue weighted by atomic mass is 16.4. The van der Waals surface area contributed by atoms with Gasteiger partial charge in [0.15, 0.2) is 0 Å². The van der Waals surface area contributed by atoms with Crippen molar-refractivity contribution >= 4 is 0 Å². The van der Waals surface area contributed by atoms with Gasteiger partial charge >= 0.3 is 0 Å². The Bertz CT molecular complexity index is 753. The SMILES string of the molecule is CC(CC(O)c1ccco1)NCc1cn(C)nc1-c1cccnc1. The maximum Gasteiger partial charge on any atom is 0.132 e. The van der Waals surface area contributed by atoms with Crippen molar-refractivity contribution in [1.29, 1.82) is 0 Å². The highest BCUT2D eigenvalue weighted by molar-refractivity contribution is 5.61. The average molecular weight is 326 g/mol. The first-order chi connectivity index (χ1) is 11.6. The van der Waals surface area contributed by atoms with Gasteiger partial charge in [-0.25, -0.2) is 0 Å². The molecule has 6 heteroatoms. The van der Waals surface area contributed by atoms with Crippen LogP contribution in [0.2, 0.25) is 0 Å². The van der Waals surface area contributed by atoms with E-state index >= 15 is 0 Å². The van der Waals surface area contributed by atoms with Gasteiger partial charge in [-0.05, 0) is 37.6 Å². The zero-order valence-electron chi connectivity index (χ0n) is 13.9. The lowest BCUT2D eigenvalue weighted by molar-refractivity contribution is 0.128. The zero-order valence-corrected chi connectivity index (χ0v) is 13.9. The van der Waals surface area contributed by atoms with Gasteiger partial charge in [0.05, 0.1) is 12.0 Å². The Morgan fingerprint density at radius 3 is 2.92 bits per heavy atom. The van der Waals surface area contributed by atoms with Crippen molar-refractivity contribution in [2.24, 2.45) is 7.05 Å². The molecule has 0 fully saturated rings. The van der Waals surface area contributed by atoms with Crippen LogP contribution in [-0.4, -0.2) is 25.9 Å². The fraction of sp³-hybridized carbons (Fsp3) is 0.333. The third-order valence-corrected chi connectivity index (χ3v) is 3.93. The molecule has 0 aliphatic carbocycles. The van der Waals surface area contributed by atoms with E-state index in [-0.39, 0.29) is 6.04 Å². The van der Waals surface area contributed by atoms with Gasteiger partial charge in [0, 0.05) is 49.4 Å². The fourth-order valence-electron chi connectivity index (χ4n) is 2.71. The Morgan fingerprint density at radius 2 is 2.21 bits per heavy atom. The summed E-state index contributed by atoms with van der Waals surface area (Å²) in [6.45, 7) is 2.72. The molecule has 0 aliphatic heterocycles. The Labute approximate surface area is 141 Å². The van der Waals surface area contributed by atoms with Crippen LogP contribution in [0.5, 0.6) is 0 Å². The number of nitrogens with zero attached hydrogens (tertiary/aromatic N) is 3. The molecule has 0 aliphatic rings. The van der Waals surface area contributed by atoms with Gasteiger partial charge in [-0.1, -0.05) is 0 Å². The lowest BCUT2D eigenvalue weighted by Gasteiger charge is -2.16. The Kier molecular flexibility index (Phi) is 5.08. The fourth-order valence-corrected chi connectivity index (χ4v) is 2.71. The van der Waals surface area contributed by atoms with Crippen LogP contribution in [0.25, 0.3) is 11.3 Å². The lowest BCUT2D eigenvalue weighted by atomic mass is 10.1. The number of aromatic nitrogens is 3. The molecule has 3 aromatic rings. The summed E-state index contributed by atoms with van der Waals surface area (Å²) in [5.41, 5.74) is 3.03. The maximum absolute atomic E-state index is 10.2. The minimum absolute atomic E-state index is 0.132. The molecule has 0 spiro atoms. The van der Waals surface area contributed by atoms with E-state index < -0.39 is 6.10 Å². The van der Waals surface area contributed by atoms with E-state index in [9.17, 15) is 5.11 Å². The molecule has 6 nitrogen and oxygen atoms in total. The summed E-state index contributed by atoms with van der Waals surface area (Å²) in [6, 6.07) is 7.62. The maximum atomic E-state index is 10.2. The summed E-state index contributed by atoms with van der Waals surface area (Å²) in [7, 11) is 1.91. The number of aliphatic hydroxyl groups excluding tert-OH is 1. The molecule has 0 bridgehead atoms. The Hall–Kier alpha value is -2.44. The van der Waals surface area contributed by atoms with Crippen LogP contribution in [0.15, 0.2) is 53.5 Å². The molecule has 2 atom stereocenters. The number of aryl methyl sites for hydroxylation is 1. The van der Waals surface area contributed by atoms with E-state index in [1.54, 1.807) is 24.6 Å². The summed E-state index contributed by atoms with van der Waals surface area (Å²) < 4.78 is 7.05. The largest absolute Gasteiger partial charge is 0.467 e. The third-order valence-electron chi connectivity index (χ3n) is 3.93. The highest BCUT2D eigenvalue weighted by Crippen LogP contribution is 2.22. The van der Waals surface area contributed by atoms with Gasteiger partial charge < -0.3 is 14.8 Å². The van der Waals surface area contributed by atoms with Crippen molar-refractivity contribution in [2.75, 3.05) is 0 Å². The van der Waals surface area contributed by atoms with E-state index in [0.29, 0.717) is 18.7 Å². The second-order valence-corrected chi connectivity index (χ2v) is 5.97. The first-order valence-electron chi connectivity index (χ1n) is 8.01. The average Bonchev–Trinajstić information content (AvgIpc) is 3.23. The van der Waals surface area contributed by atoms with Crippen molar-refractivity contribution in [3.63, 3.8) is 0 Å². The second-order valence-electron chi connectivity index (χ2n) is 5.97. The summed E-state index contributed by atoms with van der Waals surface area (Å²) >= 11 is 0. The summed E-state index contributed by atoms with van der Waals surface area (Å²) in [6.07, 6.45) is 7.13. The quantitative estimate of drug-likeness (QED) is 0.698. The Morgan fingerprint density at radius 1 is 1.33 bits per heavy atom. The summed E-state index contributed by atoms with van der Waals surface area (Å²) in [5.74, 6) is 0.598. The monoisotopic (exact) mass is 326 g/mol. The molecule has 0 saturated heterocycles. The predicted molar refractivity (Wildman–Crippen MR) is 91.0 cm³/mol. The van der Waals surface area contributed by atoms with Crippen LogP contribution in [0.1, 0.15) is 30.8 Å². The number of rotatable bonds is 7. The van der Waals surface area contributed by atoms with Gasteiger partial charge in [-0.2, -0.15) is 5.10 Å². The van der Waals surface area contributed by atoms with E-state index in [0.717, 1.165) is 16.8 Å². The molecule has 0 amide bonds. The third kappa shape index (κ3) is 3.90. The molecular formula is C18H22N4O2. The van der Waals surface area contributed by atoms with Crippen LogP contribution in [0.4, 0.5) is 0 Å². The molecule has 0 aromatic carbocycles. The lowest BCUT2D eigenvalue weighted by Crippen LogP contribution is -2.27. The highest BCUT2D eigenvalue weighted by Gasteiger charge is 2.16. The van der Waals surface area contributed by atoms with Crippen LogP contribution in [-0.2, 0) is 13.6 Å². The standard InChI is InChI=1S/C18H22N4O2/c1-13(9-16(23)17-6-4-8-24-17)20-11-15-12-22(2)21-18(15)14-5-3-7-19-10-14/h3-8,10,12-13,16,20,23H,9,11H2,1-2H3. The molecule has 2 N–H and O–H groups in total. The zero-order chi connectivity index (χ0) is 16.9. The molecule has 3 aromatic heterocycles. The first kappa shape index (κ1) is 16.4. The van der Waals surface area contributed by atoms with Crippen molar-refractivity contribution in [1.82, 2.24) is 20.1 Å². The van der Waals surface area contributed by atoms with E-state index in [4.69, 9.17) is 4.42 Å². The smallest absolute Gasteiger partial charge is 0.132 e. The molecule has 2 unspecified atom stereocenters. The molecule has 0 saturated carbocycles. The van der Waals surface area contributed by atoms with Gasteiger partial charge in [0.2, 0.25) is 0 Å². The van der Waals surface area contributed by atoms with Crippen molar-refractivity contribution in [3.8, 4) is 11.3 Å². The second kappa shape index (κ2) is 7.42. The number of aliphatic hydroxyl groups is 1. The Balaban J connectivity index is 1.62. The minimum Gasteiger partial charge on any atom is -0.467 e. The molecule has 3 heterocycles. The van der Waals surface area contributed by atoms with Gasteiger partial charge in [0.1, 0.15) is 11.9 Å². The van der Waals surface area contributed by atoms with Gasteiger partial charge in [0.25, 0.3) is 0 Å². The topological polar surface area (TPSA) is 76.1 Å². The molecule has 0 radical (unpaired) electrons. The van der Waals surface area contributed by atoms with Crippen molar-refractivity contribution in [2.45, 2.75) is 32.0 Å². The van der Waals surface area contributed by atoms with E-state index in [1.807, 2.05) is 43.2 Å². The van der Waals surface area contributed by atoms with Crippen molar-refractivity contribution in [3.05, 3.63) is 60.4 Å². The minimum atomic E-state index is -0.603. The van der Waals surface area contributed by atoms with E-state index in [1.165, 1.54) is 0 Å². The molecule has 3 rings (SSSR count). The summed E-state index contributed by atoms with van der Waals surface area (Å²) in [4.78, 5) is 4.16. The van der Waals surface area contributed by atoms with E-state index in [2.05, 4.69) is 15.4 Å². The van der Waals surface area contributed by atoms with Crippen LogP contribution in [0.3, 0.4) is 0 Å². The van der Waals surface area contributed by atoms with Gasteiger partial charge in [-0.3, -0.25) is 9.67 Å². The number of hydrogen-bond donors (Lipinski definition) is 2. The summed E-state index contributed by atoms with van der Waals surface area (Å²) in [5, 5.41) is 18.1. The molecule has 126 valence electrons. The van der Waals surface area contributed by atoms with Gasteiger partial charge in [-0.15, -0.1) is 0 Å². The number of pyridine rings is 1. The molecule has 24 heavy (non-hydrogen) atoms. The van der Waals surface area contributed by atoms with Crippen LogP contribution in [0, 0.1) is 0 Å². The predicted octanol–water partition coefficient (Wildman–Crippen LogP) is 2.68. The number of nitrogens with one attached hydrogen (secondary N) is 1. The van der Waals surface area contributed by atoms with Crippen LogP contribution >= 0.6 is 0 Å². The normalized spacial score (nSPS) is 13.8.